The summed E-state index contributed by atoms with van der Waals surface area (Å²) in [6.45, 7) is 0.980. The number of nitriles is 1. The van der Waals surface area contributed by atoms with Gasteiger partial charge in [-0.15, -0.1) is 0 Å². The molecule has 1 heterocycles. The predicted molar refractivity (Wildman–Crippen MR) is 85.8 cm³/mol. The molecule has 104 valence electrons. The van der Waals surface area contributed by atoms with Gasteiger partial charge in [-0.1, -0.05) is 12.1 Å². The van der Waals surface area contributed by atoms with Crippen molar-refractivity contribution in [2.24, 2.45) is 0 Å². The van der Waals surface area contributed by atoms with Crippen molar-refractivity contribution in [3.8, 4) is 6.07 Å². The Morgan fingerprint density at radius 2 is 1.86 bits per heavy atom. The maximum atomic E-state index is 8.79. The summed E-state index contributed by atoms with van der Waals surface area (Å²) in [7, 11) is 0. The topological polar surface area (TPSA) is 54.7 Å². The first-order valence-corrected chi connectivity index (χ1v) is 7.10. The molecule has 0 saturated carbocycles. The molecule has 2 aromatic carbocycles. The number of aromatic nitrogens is 1. The Balaban J connectivity index is 1.65. The van der Waals surface area contributed by atoms with E-state index in [1.807, 2.05) is 36.4 Å². The number of rotatable bonds is 4. The number of aryl methyl sites for hydroxylation is 2. The number of hydrogen-bond donors (Lipinski definition) is 1. The fourth-order valence-corrected chi connectivity index (χ4v) is 2.61. The van der Waals surface area contributed by atoms with Crippen LogP contribution in [0.15, 0.2) is 54.7 Å². The molecule has 0 aliphatic heterocycles. The van der Waals surface area contributed by atoms with Crippen LogP contribution in [-0.2, 0) is 13.0 Å². The number of hydrogen-bond acceptors (Lipinski definition) is 2. The van der Waals surface area contributed by atoms with Crippen molar-refractivity contribution in [3.05, 3.63) is 65.9 Å². The van der Waals surface area contributed by atoms with E-state index in [2.05, 4.69) is 29.0 Å². The fourth-order valence-electron chi connectivity index (χ4n) is 2.61. The molecular formula is C18H17N3. The summed E-state index contributed by atoms with van der Waals surface area (Å²) in [5.41, 5.74) is 9.82. The maximum absolute atomic E-state index is 8.79. The average Bonchev–Trinajstić information content (AvgIpc) is 2.90. The summed E-state index contributed by atoms with van der Waals surface area (Å²) in [4.78, 5) is 0. The Morgan fingerprint density at radius 1 is 1.05 bits per heavy atom. The van der Waals surface area contributed by atoms with E-state index in [0.29, 0.717) is 5.56 Å². The van der Waals surface area contributed by atoms with E-state index in [1.165, 1.54) is 16.5 Å². The molecule has 0 aliphatic carbocycles. The molecule has 0 fully saturated rings. The van der Waals surface area contributed by atoms with Crippen molar-refractivity contribution >= 4 is 16.6 Å². The van der Waals surface area contributed by atoms with Gasteiger partial charge in [-0.25, -0.2) is 0 Å². The van der Waals surface area contributed by atoms with Crippen molar-refractivity contribution in [3.63, 3.8) is 0 Å². The highest BCUT2D eigenvalue weighted by Gasteiger charge is 2.01. The second kappa shape index (κ2) is 5.72. The molecule has 0 aliphatic rings. The summed E-state index contributed by atoms with van der Waals surface area (Å²) >= 11 is 0. The van der Waals surface area contributed by atoms with E-state index >= 15 is 0 Å². The van der Waals surface area contributed by atoms with Gasteiger partial charge in [0.15, 0.2) is 0 Å². The fraction of sp³-hybridized carbons (Fsp3) is 0.167. The van der Waals surface area contributed by atoms with Gasteiger partial charge in [0.25, 0.3) is 0 Å². The largest absolute Gasteiger partial charge is 0.399 e. The van der Waals surface area contributed by atoms with Crippen LogP contribution in [0.5, 0.6) is 0 Å². The van der Waals surface area contributed by atoms with Gasteiger partial charge in [-0.05, 0) is 54.8 Å². The van der Waals surface area contributed by atoms with Gasteiger partial charge in [0, 0.05) is 29.3 Å². The van der Waals surface area contributed by atoms with E-state index < -0.39 is 0 Å². The highest BCUT2D eigenvalue weighted by Crippen LogP contribution is 2.19. The molecule has 1 aromatic heterocycles. The number of nitrogens with zero attached hydrogens (tertiary/aromatic N) is 2. The number of fused-ring (bicyclic) bond motifs is 1. The quantitative estimate of drug-likeness (QED) is 0.738. The van der Waals surface area contributed by atoms with Gasteiger partial charge in [-0.2, -0.15) is 5.26 Å². The van der Waals surface area contributed by atoms with Crippen molar-refractivity contribution < 1.29 is 0 Å². The minimum atomic E-state index is 0.716. The zero-order valence-electron chi connectivity index (χ0n) is 11.8. The highest BCUT2D eigenvalue weighted by atomic mass is 14.9. The molecule has 3 heteroatoms. The SMILES string of the molecule is N#Cc1ccc(CCCn2ccc3cc(N)ccc32)cc1. The van der Waals surface area contributed by atoms with Gasteiger partial charge in [0.2, 0.25) is 0 Å². The molecule has 2 N–H and O–H groups in total. The summed E-state index contributed by atoms with van der Waals surface area (Å²) in [6.07, 6.45) is 4.20. The molecule has 0 radical (unpaired) electrons. The predicted octanol–water partition coefficient (Wildman–Crippen LogP) is 3.73. The molecule has 0 spiro atoms. The minimum absolute atomic E-state index is 0.716. The molecule has 0 atom stereocenters. The summed E-state index contributed by atoms with van der Waals surface area (Å²) in [5.74, 6) is 0. The number of nitrogens with two attached hydrogens (primary N) is 1. The van der Waals surface area contributed by atoms with E-state index in [0.717, 1.165) is 25.1 Å². The normalized spacial score (nSPS) is 10.6. The van der Waals surface area contributed by atoms with Crippen LogP contribution in [0.3, 0.4) is 0 Å². The molecule has 3 aromatic rings. The van der Waals surface area contributed by atoms with Crippen LogP contribution in [0.25, 0.3) is 10.9 Å². The lowest BCUT2D eigenvalue weighted by Crippen LogP contribution is -1.98. The van der Waals surface area contributed by atoms with Crippen LogP contribution in [-0.4, -0.2) is 4.57 Å². The molecule has 21 heavy (non-hydrogen) atoms. The second-order valence-corrected chi connectivity index (χ2v) is 5.24. The van der Waals surface area contributed by atoms with Crippen LogP contribution < -0.4 is 5.73 Å². The van der Waals surface area contributed by atoms with E-state index in [1.54, 1.807) is 0 Å². The Kier molecular flexibility index (Phi) is 3.61. The number of anilines is 1. The van der Waals surface area contributed by atoms with Crippen molar-refractivity contribution in [2.45, 2.75) is 19.4 Å². The van der Waals surface area contributed by atoms with Gasteiger partial charge >= 0.3 is 0 Å². The van der Waals surface area contributed by atoms with Gasteiger partial charge in [-0.3, -0.25) is 0 Å². The van der Waals surface area contributed by atoms with Crippen LogP contribution in [0.4, 0.5) is 5.69 Å². The average molecular weight is 275 g/mol. The Labute approximate surface area is 124 Å². The maximum Gasteiger partial charge on any atom is 0.0991 e. The zero-order valence-corrected chi connectivity index (χ0v) is 11.8. The standard InChI is InChI=1S/C18H17N3/c19-13-15-5-3-14(4-6-15)2-1-10-21-11-9-16-12-17(20)7-8-18(16)21/h3-9,11-12H,1-2,10,20H2. The monoisotopic (exact) mass is 275 g/mol. The Hall–Kier alpha value is -2.73. The first-order valence-electron chi connectivity index (χ1n) is 7.10. The lowest BCUT2D eigenvalue weighted by atomic mass is 10.1. The molecular weight excluding hydrogens is 258 g/mol. The number of nitrogen functional groups attached to an aromatic ring is 1. The van der Waals surface area contributed by atoms with Crippen molar-refractivity contribution in [1.29, 1.82) is 5.26 Å². The van der Waals surface area contributed by atoms with E-state index in [4.69, 9.17) is 11.0 Å². The molecule has 3 rings (SSSR count). The van der Waals surface area contributed by atoms with Crippen LogP contribution in [0, 0.1) is 11.3 Å². The minimum Gasteiger partial charge on any atom is -0.399 e. The van der Waals surface area contributed by atoms with Crippen molar-refractivity contribution in [1.82, 2.24) is 4.57 Å². The highest BCUT2D eigenvalue weighted by molar-refractivity contribution is 5.83. The van der Waals surface area contributed by atoms with E-state index in [-0.39, 0.29) is 0 Å². The van der Waals surface area contributed by atoms with Crippen LogP contribution in [0.1, 0.15) is 17.5 Å². The molecule has 0 saturated heterocycles. The van der Waals surface area contributed by atoms with Crippen molar-refractivity contribution in [2.75, 3.05) is 5.73 Å². The lowest BCUT2D eigenvalue weighted by Gasteiger charge is -2.06. The zero-order chi connectivity index (χ0) is 14.7. The van der Waals surface area contributed by atoms with Gasteiger partial charge in [0.05, 0.1) is 11.6 Å². The second-order valence-electron chi connectivity index (χ2n) is 5.24. The smallest absolute Gasteiger partial charge is 0.0991 e. The third kappa shape index (κ3) is 2.90. The summed E-state index contributed by atoms with van der Waals surface area (Å²) in [5, 5.41) is 9.98. The van der Waals surface area contributed by atoms with Gasteiger partial charge < -0.3 is 10.3 Å². The first kappa shape index (κ1) is 13.3. The lowest BCUT2D eigenvalue weighted by molar-refractivity contribution is 0.662. The van der Waals surface area contributed by atoms with E-state index in [9.17, 15) is 0 Å². The third-order valence-corrected chi connectivity index (χ3v) is 3.74. The molecule has 0 unspecified atom stereocenters. The third-order valence-electron chi connectivity index (χ3n) is 3.74. The first-order chi connectivity index (χ1) is 10.3. The molecule has 0 bridgehead atoms. The van der Waals surface area contributed by atoms with Crippen LogP contribution >= 0.6 is 0 Å². The Morgan fingerprint density at radius 3 is 2.62 bits per heavy atom. The molecule has 0 amide bonds. The van der Waals surface area contributed by atoms with Gasteiger partial charge in [0.1, 0.15) is 0 Å². The summed E-state index contributed by atoms with van der Waals surface area (Å²) in [6, 6.07) is 18.1. The Bertz CT molecular complexity index is 791. The molecule has 3 nitrogen and oxygen atoms in total. The summed E-state index contributed by atoms with van der Waals surface area (Å²) < 4.78 is 2.26. The van der Waals surface area contributed by atoms with Crippen LogP contribution in [0.2, 0.25) is 0 Å². The number of benzene rings is 2.